The lowest BCUT2D eigenvalue weighted by Gasteiger charge is -2.18. The van der Waals surface area contributed by atoms with E-state index in [1.54, 1.807) is 0 Å². The molecule has 0 aliphatic carbocycles. The number of halogens is 1. The van der Waals surface area contributed by atoms with E-state index in [-0.39, 0.29) is 6.04 Å². The monoisotopic (exact) mass is 277 g/mol. The van der Waals surface area contributed by atoms with Gasteiger partial charge in [-0.05, 0) is 37.6 Å². The maximum Gasteiger partial charge on any atom is 0.130 e. The van der Waals surface area contributed by atoms with E-state index in [1.165, 1.54) is 5.56 Å². The Balaban J connectivity index is 2.38. The summed E-state index contributed by atoms with van der Waals surface area (Å²) in [6, 6.07) is 6.22. The number of nitrogens with zero attached hydrogens (tertiary/aromatic N) is 2. The number of hydrogen-bond donors (Lipinski definition) is 1. The summed E-state index contributed by atoms with van der Waals surface area (Å²) in [5.74, 6) is 1.05. The zero-order valence-electron chi connectivity index (χ0n) is 11.7. The fourth-order valence-electron chi connectivity index (χ4n) is 2.30. The molecule has 1 N–H and O–H groups in total. The smallest absolute Gasteiger partial charge is 0.130 e. The summed E-state index contributed by atoms with van der Waals surface area (Å²) in [7, 11) is 1.96. The molecule has 0 radical (unpaired) electrons. The summed E-state index contributed by atoms with van der Waals surface area (Å²) in [6.07, 6.45) is 4.99. The van der Waals surface area contributed by atoms with Gasteiger partial charge in [-0.25, -0.2) is 4.98 Å². The third-order valence-corrected chi connectivity index (χ3v) is 3.70. The molecule has 0 aliphatic rings. The molecule has 1 atom stereocenters. The highest BCUT2D eigenvalue weighted by Gasteiger charge is 2.17. The Bertz CT molecular complexity index is 548. The summed E-state index contributed by atoms with van der Waals surface area (Å²) in [5.41, 5.74) is 2.28. The first-order valence-corrected chi connectivity index (χ1v) is 6.99. The third kappa shape index (κ3) is 2.99. The third-order valence-electron chi connectivity index (χ3n) is 3.27. The van der Waals surface area contributed by atoms with E-state index in [1.807, 2.05) is 32.4 Å². The van der Waals surface area contributed by atoms with Crippen LogP contribution in [0.5, 0.6) is 0 Å². The standard InChI is InChI=1S/C15H20ClN3/c1-4-8-19-9-7-18-15(19)14(17-3)12-5-6-13(16)11(2)10-12/h5-7,9-10,14,17H,4,8H2,1-3H3. The first kappa shape index (κ1) is 14.1. The second kappa shape index (κ2) is 6.22. The van der Waals surface area contributed by atoms with Gasteiger partial charge in [0.05, 0.1) is 6.04 Å². The minimum Gasteiger partial charge on any atom is -0.333 e. The zero-order chi connectivity index (χ0) is 13.8. The molecule has 4 heteroatoms. The predicted molar refractivity (Wildman–Crippen MR) is 79.6 cm³/mol. The molecule has 1 heterocycles. The molecule has 0 spiro atoms. The molecule has 0 aliphatic heterocycles. The summed E-state index contributed by atoms with van der Waals surface area (Å²) >= 11 is 6.09. The summed E-state index contributed by atoms with van der Waals surface area (Å²) in [5, 5.41) is 4.14. The minimum absolute atomic E-state index is 0.0949. The molecule has 1 unspecified atom stereocenters. The second-order valence-electron chi connectivity index (χ2n) is 4.71. The number of benzene rings is 1. The van der Waals surface area contributed by atoms with E-state index in [0.29, 0.717) is 0 Å². The van der Waals surface area contributed by atoms with Crippen LogP contribution in [0.15, 0.2) is 30.6 Å². The molecule has 0 fully saturated rings. The van der Waals surface area contributed by atoms with Gasteiger partial charge >= 0.3 is 0 Å². The number of rotatable bonds is 5. The Morgan fingerprint density at radius 2 is 2.21 bits per heavy atom. The van der Waals surface area contributed by atoms with Crippen molar-refractivity contribution in [1.29, 1.82) is 0 Å². The van der Waals surface area contributed by atoms with E-state index in [2.05, 4.69) is 33.9 Å². The largest absolute Gasteiger partial charge is 0.333 e. The minimum atomic E-state index is 0.0949. The normalized spacial score (nSPS) is 12.6. The summed E-state index contributed by atoms with van der Waals surface area (Å²) in [6.45, 7) is 5.18. The highest BCUT2D eigenvalue weighted by molar-refractivity contribution is 6.31. The number of hydrogen-bond acceptors (Lipinski definition) is 2. The number of nitrogens with one attached hydrogen (secondary N) is 1. The maximum atomic E-state index is 6.09. The Kier molecular flexibility index (Phi) is 4.61. The van der Waals surface area contributed by atoms with E-state index >= 15 is 0 Å². The molecule has 102 valence electrons. The van der Waals surface area contributed by atoms with Gasteiger partial charge in [-0.3, -0.25) is 0 Å². The average Bonchev–Trinajstić information content (AvgIpc) is 2.83. The highest BCUT2D eigenvalue weighted by atomic mass is 35.5. The van der Waals surface area contributed by atoms with E-state index in [9.17, 15) is 0 Å². The Morgan fingerprint density at radius 3 is 2.84 bits per heavy atom. The van der Waals surface area contributed by atoms with Crippen molar-refractivity contribution in [1.82, 2.24) is 14.9 Å². The van der Waals surface area contributed by atoms with Crippen LogP contribution >= 0.6 is 11.6 Å². The van der Waals surface area contributed by atoms with Gasteiger partial charge in [-0.1, -0.05) is 30.7 Å². The molecular weight excluding hydrogens is 258 g/mol. The maximum absolute atomic E-state index is 6.09. The molecule has 3 nitrogen and oxygen atoms in total. The molecule has 1 aromatic heterocycles. The fourth-order valence-corrected chi connectivity index (χ4v) is 2.42. The van der Waals surface area contributed by atoms with Crippen LogP contribution < -0.4 is 5.32 Å². The Hall–Kier alpha value is -1.32. The van der Waals surface area contributed by atoms with Gasteiger partial charge < -0.3 is 9.88 Å². The molecule has 0 saturated heterocycles. The predicted octanol–water partition coefficient (Wildman–Crippen LogP) is 3.56. The van der Waals surface area contributed by atoms with Gasteiger partial charge in [-0.2, -0.15) is 0 Å². The van der Waals surface area contributed by atoms with Crippen molar-refractivity contribution >= 4 is 11.6 Å². The van der Waals surface area contributed by atoms with Gasteiger partial charge in [0, 0.05) is 24.0 Å². The van der Waals surface area contributed by atoms with Crippen LogP contribution in [0, 0.1) is 6.92 Å². The molecular formula is C15H20ClN3. The molecule has 0 saturated carbocycles. The highest BCUT2D eigenvalue weighted by Crippen LogP contribution is 2.25. The van der Waals surface area contributed by atoms with Crippen LogP contribution in [0.4, 0.5) is 0 Å². The molecule has 2 rings (SSSR count). The van der Waals surface area contributed by atoms with Crippen molar-refractivity contribution in [2.75, 3.05) is 7.05 Å². The summed E-state index contributed by atoms with van der Waals surface area (Å²) < 4.78 is 2.20. The Labute approximate surface area is 119 Å². The SMILES string of the molecule is CCCn1ccnc1C(NC)c1ccc(Cl)c(C)c1. The average molecular weight is 278 g/mol. The van der Waals surface area contributed by atoms with Gasteiger partial charge in [0.1, 0.15) is 5.82 Å². The molecule has 0 bridgehead atoms. The quantitative estimate of drug-likeness (QED) is 0.906. The number of imidazole rings is 1. The molecule has 19 heavy (non-hydrogen) atoms. The number of aryl methyl sites for hydroxylation is 2. The van der Waals surface area contributed by atoms with Crippen molar-refractivity contribution in [3.63, 3.8) is 0 Å². The summed E-state index contributed by atoms with van der Waals surface area (Å²) in [4.78, 5) is 4.50. The van der Waals surface area contributed by atoms with Gasteiger partial charge in [0.2, 0.25) is 0 Å². The van der Waals surface area contributed by atoms with Crippen molar-refractivity contribution in [2.24, 2.45) is 0 Å². The van der Waals surface area contributed by atoms with Gasteiger partial charge in [0.15, 0.2) is 0 Å². The van der Waals surface area contributed by atoms with E-state index < -0.39 is 0 Å². The van der Waals surface area contributed by atoms with Gasteiger partial charge in [-0.15, -0.1) is 0 Å². The van der Waals surface area contributed by atoms with Crippen LogP contribution in [0.1, 0.15) is 36.3 Å². The molecule has 0 amide bonds. The Morgan fingerprint density at radius 1 is 1.42 bits per heavy atom. The van der Waals surface area contributed by atoms with Crippen LogP contribution in [0.3, 0.4) is 0 Å². The first-order valence-electron chi connectivity index (χ1n) is 6.61. The van der Waals surface area contributed by atoms with Crippen molar-refractivity contribution in [3.05, 3.63) is 52.6 Å². The van der Waals surface area contributed by atoms with Gasteiger partial charge in [0.25, 0.3) is 0 Å². The van der Waals surface area contributed by atoms with E-state index in [4.69, 9.17) is 11.6 Å². The zero-order valence-corrected chi connectivity index (χ0v) is 12.4. The lowest BCUT2D eigenvalue weighted by molar-refractivity contribution is 0.568. The van der Waals surface area contributed by atoms with Crippen molar-refractivity contribution in [3.8, 4) is 0 Å². The van der Waals surface area contributed by atoms with Crippen LogP contribution in [0.25, 0.3) is 0 Å². The lowest BCUT2D eigenvalue weighted by Crippen LogP contribution is -2.22. The first-order chi connectivity index (χ1) is 9.17. The number of aromatic nitrogens is 2. The van der Waals surface area contributed by atoms with Crippen LogP contribution in [-0.2, 0) is 6.54 Å². The molecule has 2 aromatic rings. The van der Waals surface area contributed by atoms with Crippen molar-refractivity contribution < 1.29 is 0 Å². The fraction of sp³-hybridized carbons (Fsp3) is 0.400. The van der Waals surface area contributed by atoms with E-state index in [0.717, 1.165) is 29.4 Å². The van der Waals surface area contributed by atoms with Crippen molar-refractivity contribution in [2.45, 2.75) is 32.9 Å². The molecule has 1 aromatic carbocycles. The van der Waals surface area contributed by atoms with Crippen LogP contribution in [-0.4, -0.2) is 16.6 Å². The lowest BCUT2D eigenvalue weighted by atomic mass is 10.0. The topological polar surface area (TPSA) is 29.9 Å². The second-order valence-corrected chi connectivity index (χ2v) is 5.12. The van der Waals surface area contributed by atoms with Crippen LogP contribution in [0.2, 0.25) is 5.02 Å².